The molecule has 0 spiro atoms. The van der Waals surface area contributed by atoms with E-state index in [4.69, 9.17) is 9.88 Å². The highest BCUT2D eigenvalue weighted by Crippen LogP contribution is 2.36. The SMILES string of the molecule is CCOC(=O)c1c(C)[nH]c(C=C2C(=O)Nc3ccc(S(N)(=O)=O)cc32)c1CCCN1CCCC1. The summed E-state index contributed by atoms with van der Waals surface area (Å²) in [5.74, 6) is -0.751. The van der Waals surface area contributed by atoms with Gasteiger partial charge in [0.05, 0.1) is 22.6 Å². The second-order valence-corrected chi connectivity index (χ2v) is 10.2. The van der Waals surface area contributed by atoms with Gasteiger partial charge in [-0.2, -0.15) is 0 Å². The van der Waals surface area contributed by atoms with E-state index in [1.807, 2.05) is 0 Å². The number of H-pyrrole nitrogens is 1. The highest BCUT2D eigenvalue weighted by Gasteiger charge is 2.28. The van der Waals surface area contributed by atoms with Gasteiger partial charge in [-0.05, 0) is 89.0 Å². The van der Waals surface area contributed by atoms with Gasteiger partial charge in [-0.1, -0.05) is 0 Å². The molecule has 3 heterocycles. The maximum absolute atomic E-state index is 12.8. The minimum absolute atomic E-state index is 0.0747. The molecule has 1 aromatic carbocycles. The van der Waals surface area contributed by atoms with Gasteiger partial charge in [-0.25, -0.2) is 18.4 Å². The fraction of sp³-hybridized carbons (Fsp3) is 0.417. The van der Waals surface area contributed by atoms with Crippen LogP contribution in [0.15, 0.2) is 23.1 Å². The first-order valence-electron chi connectivity index (χ1n) is 11.5. The predicted molar refractivity (Wildman–Crippen MR) is 130 cm³/mol. The van der Waals surface area contributed by atoms with E-state index in [-0.39, 0.29) is 17.4 Å². The third kappa shape index (κ3) is 4.94. The molecule has 0 bridgehead atoms. The number of nitrogens with two attached hydrogens (primary N) is 1. The number of ether oxygens (including phenoxy) is 1. The van der Waals surface area contributed by atoms with E-state index < -0.39 is 16.0 Å². The summed E-state index contributed by atoms with van der Waals surface area (Å²) < 4.78 is 29.0. The molecule has 1 saturated heterocycles. The molecule has 10 heteroatoms. The average molecular weight is 487 g/mol. The summed E-state index contributed by atoms with van der Waals surface area (Å²) in [7, 11) is -3.93. The fourth-order valence-electron chi connectivity index (χ4n) is 4.68. The molecule has 34 heavy (non-hydrogen) atoms. The lowest BCUT2D eigenvalue weighted by atomic mass is 10.00. The fourth-order valence-corrected chi connectivity index (χ4v) is 5.22. The standard InChI is InChI=1S/C24H30N4O5S/c1-3-33-24(30)22-15(2)26-21(17(22)7-6-12-28-10-4-5-11-28)14-19-18-13-16(34(25,31)32)8-9-20(18)27-23(19)29/h8-9,13-14,26H,3-7,10-12H2,1-2H3,(H,27,29)(H2,25,31,32). The number of carbonyl (C=O) groups is 2. The van der Waals surface area contributed by atoms with E-state index >= 15 is 0 Å². The maximum atomic E-state index is 12.8. The lowest BCUT2D eigenvalue weighted by Crippen LogP contribution is -2.21. The number of rotatable bonds is 8. The van der Waals surface area contributed by atoms with Crippen LogP contribution in [0.2, 0.25) is 0 Å². The zero-order valence-corrected chi connectivity index (χ0v) is 20.3. The Morgan fingerprint density at radius 3 is 2.68 bits per heavy atom. The van der Waals surface area contributed by atoms with Crippen LogP contribution in [0.1, 0.15) is 59.1 Å². The molecule has 1 fully saturated rings. The second-order valence-electron chi connectivity index (χ2n) is 8.65. The molecule has 0 saturated carbocycles. The first-order chi connectivity index (χ1) is 16.2. The van der Waals surface area contributed by atoms with E-state index in [9.17, 15) is 18.0 Å². The molecular formula is C24H30N4O5S. The number of benzene rings is 1. The van der Waals surface area contributed by atoms with Crippen LogP contribution in [-0.4, -0.2) is 56.4 Å². The van der Waals surface area contributed by atoms with Crippen molar-refractivity contribution < 1.29 is 22.7 Å². The van der Waals surface area contributed by atoms with Gasteiger partial charge >= 0.3 is 5.97 Å². The molecule has 0 aliphatic carbocycles. The van der Waals surface area contributed by atoms with Crippen molar-refractivity contribution in [2.75, 3.05) is 31.6 Å². The number of carbonyl (C=O) groups excluding carboxylic acids is 2. The Kier molecular flexibility index (Phi) is 6.92. The third-order valence-corrected chi connectivity index (χ3v) is 7.21. The molecule has 1 amide bonds. The number of esters is 1. The number of aromatic amines is 1. The highest BCUT2D eigenvalue weighted by atomic mass is 32.2. The molecule has 0 atom stereocenters. The van der Waals surface area contributed by atoms with E-state index in [0.29, 0.717) is 40.2 Å². The summed E-state index contributed by atoms with van der Waals surface area (Å²) in [5, 5.41) is 8.04. The number of hydrogen-bond donors (Lipinski definition) is 3. The Bertz CT molecular complexity index is 1260. The van der Waals surface area contributed by atoms with Gasteiger partial charge in [0.15, 0.2) is 0 Å². The number of primary sulfonamides is 1. The second kappa shape index (κ2) is 9.73. The van der Waals surface area contributed by atoms with Crippen LogP contribution in [0.3, 0.4) is 0 Å². The lowest BCUT2D eigenvalue weighted by Gasteiger charge is -2.14. The van der Waals surface area contributed by atoms with Crippen molar-refractivity contribution in [3.63, 3.8) is 0 Å². The summed E-state index contributed by atoms with van der Waals surface area (Å²) in [6.45, 7) is 6.95. The molecule has 0 unspecified atom stereocenters. The maximum Gasteiger partial charge on any atom is 0.340 e. The Hall–Kier alpha value is -2.95. The zero-order valence-electron chi connectivity index (χ0n) is 19.4. The molecule has 2 aromatic rings. The van der Waals surface area contributed by atoms with Gasteiger partial charge in [-0.3, -0.25) is 4.79 Å². The van der Waals surface area contributed by atoms with Gasteiger partial charge in [0, 0.05) is 22.6 Å². The van der Waals surface area contributed by atoms with E-state index in [1.54, 1.807) is 19.9 Å². The summed E-state index contributed by atoms with van der Waals surface area (Å²) in [6, 6.07) is 4.27. The molecule has 2 aliphatic heterocycles. The third-order valence-electron chi connectivity index (χ3n) is 6.29. The Morgan fingerprint density at radius 2 is 2.00 bits per heavy atom. The Labute approximate surface area is 199 Å². The Morgan fingerprint density at radius 1 is 1.26 bits per heavy atom. The normalized spacial score (nSPS) is 17.3. The number of aryl methyl sites for hydroxylation is 1. The van der Waals surface area contributed by atoms with Crippen LogP contribution in [0, 0.1) is 6.92 Å². The van der Waals surface area contributed by atoms with Crippen LogP contribution < -0.4 is 10.5 Å². The number of fused-ring (bicyclic) bond motifs is 1. The topological polar surface area (TPSA) is 135 Å². The van der Waals surface area contributed by atoms with Crippen molar-refractivity contribution in [1.82, 2.24) is 9.88 Å². The van der Waals surface area contributed by atoms with Gasteiger partial charge in [-0.15, -0.1) is 0 Å². The largest absolute Gasteiger partial charge is 0.462 e. The first-order valence-corrected chi connectivity index (χ1v) is 13.0. The molecule has 4 rings (SSSR count). The minimum Gasteiger partial charge on any atom is -0.462 e. The summed E-state index contributed by atoms with van der Waals surface area (Å²) in [4.78, 5) is 31.1. The van der Waals surface area contributed by atoms with Crippen LogP contribution >= 0.6 is 0 Å². The van der Waals surface area contributed by atoms with Crippen molar-refractivity contribution >= 4 is 39.2 Å². The van der Waals surface area contributed by atoms with Gasteiger partial charge in [0.25, 0.3) is 5.91 Å². The smallest absolute Gasteiger partial charge is 0.340 e. The van der Waals surface area contributed by atoms with Gasteiger partial charge in [0.1, 0.15) is 0 Å². The number of likely N-dealkylation sites (tertiary alicyclic amines) is 1. The molecule has 1 aromatic heterocycles. The van der Waals surface area contributed by atoms with Crippen LogP contribution in [-0.2, 0) is 26.0 Å². The lowest BCUT2D eigenvalue weighted by molar-refractivity contribution is -0.110. The molecule has 9 nitrogen and oxygen atoms in total. The van der Waals surface area contributed by atoms with Crippen molar-refractivity contribution in [3.05, 3.63) is 46.3 Å². The molecule has 182 valence electrons. The Balaban J connectivity index is 1.73. The zero-order chi connectivity index (χ0) is 24.5. The predicted octanol–water partition coefficient (Wildman–Crippen LogP) is 2.67. The summed E-state index contributed by atoms with van der Waals surface area (Å²) in [5.41, 5.74) is 3.86. The van der Waals surface area contributed by atoms with Crippen molar-refractivity contribution in [2.24, 2.45) is 5.14 Å². The quantitative estimate of drug-likeness (QED) is 0.388. The molecule has 2 aliphatic rings. The van der Waals surface area contributed by atoms with Crippen molar-refractivity contribution in [3.8, 4) is 0 Å². The van der Waals surface area contributed by atoms with Crippen molar-refractivity contribution in [2.45, 2.75) is 44.4 Å². The van der Waals surface area contributed by atoms with Gasteiger partial charge in [0.2, 0.25) is 10.0 Å². The van der Waals surface area contributed by atoms with E-state index in [1.165, 1.54) is 31.0 Å². The molecule has 0 radical (unpaired) electrons. The van der Waals surface area contributed by atoms with E-state index in [2.05, 4.69) is 15.2 Å². The summed E-state index contributed by atoms with van der Waals surface area (Å²) in [6.07, 6.45) is 5.60. The van der Waals surface area contributed by atoms with Crippen LogP contribution in [0.5, 0.6) is 0 Å². The first kappa shape index (κ1) is 24.2. The summed E-state index contributed by atoms with van der Waals surface area (Å²) >= 11 is 0. The average Bonchev–Trinajstić information content (AvgIpc) is 3.46. The molecule has 4 N–H and O–H groups in total. The number of aromatic nitrogens is 1. The number of nitrogens with zero attached hydrogens (tertiary/aromatic N) is 1. The monoisotopic (exact) mass is 486 g/mol. The number of hydrogen-bond acceptors (Lipinski definition) is 6. The number of amides is 1. The molecular weight excluding hydrogens is 456 g/mol. The number of anilines is 1. The number of nitrogens with one attached hydrogen (secondary N) is 2. The number of sulfonamides is 1. The van der Waals surface area contributed by atoms with E-state index in [0.717, 1.165) is 31.6 Å². The minimum atomic E-state index is -3.93. The van der Waals surface area contributed by atoms with Crippen LogP contribution in [0.4, 0.5) is 5.69 Å². The van der Waals surface area contributed by atoms with Gasteiger partial charge < -0.3 is 19.9 Å². The highest BCUT2D eigenvalue weighted by molar-refractivity contribution is 7.89. The van der Waals surface area contributed by atoms with Crippen LogP contribution in [0.25, 0.3) is 11.6 Å². The van der Waals surface area contributed by atoms with Crippen molar-refractivity contribution in [1.29, 1.82) is 0 Å².